The van der Waals surface area contributed by atoms with Gasteiger partial charge in [-0.15, -0.1) is 0 Å². The van der Waals surface area contributed by atoms with E-state index in [1.54, 1.807) is 18.5 Å². The summed E-state index contributed by atoms with van der Waals surface area (Å²) in [5.74, 6) is 0.330. The molecule has 1 aromatic rings. The van der Waals surface area contributed by atoms with Gasteiger partial charge in [-0.2, -0.15) is 0 Å². The van der Waals surface area contributed by atoms with Gasteiger partial charge in [0.2, 0.25) is 5.91 Å². The average molecular weight is 445 g/mol. The van der Waals surface area contributed by atoms with Gasteiger partial charge in [-0.25, -0.2) is 9.18 Å². The molecule has 0 saturated heterocycles. The van der Waals surface area contributed by atoms with Crippen LogP contribution in [0.4, 0.5) is 9.18 Å². The lowest BCUT2D eigenvalue weighted by Gasteiger charge is -2.58. The number of nitrogens with two attached hydrogens (primary N) is 1. The van der Waals surface area contributed by atoms with Gasteiger partial charge in [-0.05, 0) is 62.0 Å². The number of carbonyl (C=O) groups excluding carboxylic acids is 3. The van der Waals surface area contributed by atoms with E-state index in [1.807, 2.05) is 0 Å². The van der Waals surface area contributed by atoms with Crippen molar-refractivity contribution < 1.29 is 23.5 Å². The summed E-state index contributed by atoms with van der Waals surface area (Å²) in [4.78, 5) is 35.6. The summed E-state index contributed by atoms with van der Waals surface area (Å²) in [6, 6.07) is 1.55. The number of primary amides is 1. The van der Waals surface area contributed by atoms with Gasteiger partial charge in [0.05, 0.1) is 11.3 Å². The molecule has 1 aromatic heterocycles. The standard InChI is InChI=1S/C23H29FN4O4/c1-13(26-14(2)29)3-5-28-6-4-18(19(28)12-24)21(30)27-20-16-7-15-8-17(20)11-23(9-15,10-16)32-22(25)31/h3-6,15-17,20H,1,7-12H2,2H3,(H2,25,31)(H,26,29)(H,27,30)/b5-3+. The van der Waals surface area contributed by atoms with E-state index >= 15 is 0 Å². The van der Waals surface area contributed by atoms with E-state index in [9.17, 15) is 18.8 Å². The second kappa shape index (κ2) is 8.44. The van der Waals surface area contributed by atoms with E-state index in [2.05, 4.69) is 17.2 Å². The van der Waals surface area contributed by atoms with Crippen molar-refractivity contribution in [2.24, 2.45) is 23.5 Å². The molecule has 2 unspecified atom stereocenters. The number of hydrogen-bond acceptors (Lipinski definition) is 4. The van der Waals surface area contributed by atoms with E-state index in [0.717, 1.165) is 19.3 Å². The van der Waals surface area contributed by atoms with E-state index in [4.69, 9.17) is 10.5 Å². The Morgan fingerprint density at radius 2 is 2.00 bits per heavy atom. The predicted molar refractivity (Wildman–Crippen MR) is 116 cm³/mol. The van der Waals surface area contributed by atoms with Crippen LogP contribution in [0.5, 0.6) is 0 Å². The maximum Gasteiger partial charge on any atom is 0.405 e. The van der Waals surface area contributed by atoms with Crippen LogP contribution in [0.2, 0.25) is 0 Å². The van der Waals surface area contributed by atoms with Gasteiger partial charge < -0.3 is 25.7 Å². The fraction of sp³-hybridized carbons (Fsp3) is 0.522. The lowest BCUT2D eigenvalue weighted by Crippen LogP contribution is -2.63. The number of hydrogen-bond donors (Lipinski definition) is 3. The molecule has 2 atom stereocenters. The fourth-order valence-corrected chi connectivity index (χ4v) is 6.16. The number of nitrogens with one attached hydrogen (secondary N) is 2. The minimum absolute atomic E-state index is 0.0328. The lowest BCUT2D eigenvalue weighted by molar-refractivity contribution is -0.137. The van der Waals surface area contributed by atoms with E-state index in [-0.39, 0.29) is 40.9 Å². The first kappa shape index (κ1) is 22.1. The molecular formula is C23H29FN4O4. The number of rotatable bonds is 7. The maximum absolute atomic E-state index is 13.8. The SMILES string of the molecule is C=C(/C=C/n1ccc(C(=O)NC2C3CC4CC2CC(OC(N)=O)(C4)C3)c1CF)NC(C)=O. The number of nitrogens with zero attached hydrogens (tertiary/aromatic N) is 1. The van der Waals surface area contributed by atoms with Crippen molar-refractivity contribution in [3.05, 3.63) is 41.9 Å². The summed E-state index contributed by atoms with van der Waals surface area (Å²) < 4.78 is 20.9. The number of amides is 3. The molecule has 8 nitrogen and oxygen atoms in total. The largest absolute Gasteiger partial charge is 0.443 e. The van der Waals surface area contributed by atoms with Gasteiger partial charge >= 0.3 is 6.09 Å². The molecule has 172 valence electrons. The molecule has 32 heavy (non-hydrogen) atoms. The summed E-state index contributed by atoms with van der Waals surface area (Å²) in [6.07, 6.45) is 8.15. The minimum Gasteiger partial charge on any atom is -0.443 e. The molecule has 4 aliphatic carbocycles. The average Bonchev–Trinajstić information content (AvgIpc) is 3.10. The van der Waals surface area contributed by atoms with Crippen molar-refractivity contribution in [1.29, 1.82) is 0 Å². The molecule has 1 heterocycles. The van der Waals surface area contributed by atoms with Crippen molar-refractivity contribution in [3.63, 3.8) is 0 Å². The third-order valence-corrected chi connectivity index (χ3v) is 7.00. The monoisotopic (exact) mass is 444 g/mol. The van der Waals surface area contributed by atoms with E-state index in [1.165, 1.54) is 17.6 Å². The van der Waals surface area contributed by atoms with Crippen LogP contribution in [0.25, 0.3) is 6.20 Å². The van der Waals surface area contributed by atoms with Gasteiger partial charge in [0.1, 0.15) is 12.3 Å². The molecule has 4 bridgehead atoms. The predicted octanol–water partition coefficient (Wildman–Crippen LogP) is 2.85. The molecule has 4 fully saturated rings. The first-order chi connectivity index (χ1) is 15.2. The Morgan fingerprint density at radius 1 is 1.31 bits per heavy atom. The lowest BCUT2D eigenvalue weighted by atomic mass is 9.52. The Bertz CT molecular complexity index is 969. The molecule has 0 radical (unpaired) electrons. The number of carbonyl (C=O) groups is 3. The number of ether oxygens (including phenoxy) is 1. The summed E-state index contributed by atoms with van der Waals surface area (Å²) in [5.41, 5.74) is 5.67. The third kappa shape index (κ3) is 4.28. The normalized spacial score (nSPS) is 30.3. The molecule has 0 aromatic carbocycles. The first-order valence-electron chi connectivity index (χ1n) is 10.9. The molecule has 4 saturated carbocycles. The Labute approximate surface area is 186 Å². The van der Waals surface area contributed by atoms with Crippen LogP contribution in [-0.4, -0.2) is 34.1 Å². The number of aromatic nitrogens is 1. The van der Waals surface area contributed by atoms with Crippen molar-refractivity contribution in [2.45, 2.75) is 57.3 Å². The van der Waals surface area contributed by atoms with Crippen LogP contribution in [0.1, 0.15) is 55.1 Å². The quantitative estimate of drug-likeness (QED) is 0.561. The molecule has 0 spiro atoms. The van der Waals surface area contributed by atoms with Crippen LogP contribution >= 0.6 is 0 Å². The van der Waals surface area contributed by atoms with Gasteiger partial charge in [-0.1, -0.05) is 6.58 Å². The first-order valence-corrected chi connectivity index (χ1v) is 10.9. The van der Waals surface area contributed by atoms with Gasteiger partial charge in [0.25, 0.3) is 5.91 Å². The van der Waals surface area contributed by atoms with Gasteiger partial charge in [0.15, 0.2) is 0 Å². The summed E-state index contributed by atoms with van der Waals surface area (Å²) in [6.45, 7) is 4.26. The van der Waals surface area contributed by atoms with Crippen LogP contribution in [-0.2, 0) is 16.2 Å². The van der Waals surface area contributed by atoms with Crippen molar-refractivity contribution in [1.82, 2.24) is 15.2 Å². The number of allylic oxidation sites excluding steroid dienone is 1. The highest BCUT2D eigenvalue weighted by Crippen LogP contribution is 2.57. The zero-order chi connectivity index (χ0) is 23.0. The Morgan fingerprint density at radius 3 is 2.59 bits per heavy atom. The molecule has 3 amide bonds. The Hall–Kier alpha value is -3.10. The second-order valence-corrected chi connectivity index (χ2v) is 9.31. The van der Waals surface area contributed by atoms with Crippen molar-refractivity contribution >= 4 is 24.1 Å². The molecule has 4 aliphatic rings. The topological polar surface area (TPSA) is 115 Å². The summed E-state index contributed by atoms with van der Waals surface area (Å²) in [5, 5.41) is 5.67. The molecule has 9 heteroatoms. The summed E-state index contributed by atoms with van der Waals surface area (Å²) >= 11 is 0. The van der Waals surface area contributed by atoms with Crippen LogP contribution in [0.3, 0.4) is 0 Å². The minimum atomic E-state index is -0.818. The van der Waals surface area contributed by atoms with Crippen molar-refractivity contribution in [2.75, 3.05) is 0 Å². The zero-order valence-corrected chi connectivity index (χ0v) is 18.1. The Kier molecular flexibility index (Phi) is 5.83. The smallest absolute Gasteiger partial charge is 0.405 e. The third-order valence-electron chi connectivity index (χ3n) is 7.00. The highest BCUT2D eigenvalue weighted by atomic mass is 19.1. The molecule has 4 N–H and O–H groups in total. The van der Waals surface area contributed by atoms with Crippen LogP contribution < -0.4 is 16.4 Å². The van der Waals surface area contributed by atoms with Gasteiger partial charge in [-0.3, -0.25) is 9.59 Å². The molecule has 0 aliphatic heterocycles. The van der Waals surface area contributed by atoms with E-state index < -0.39 is 18.4 Å². The van der Waals surface area contributed by atoms with Crippen LogP contribution in [0.15, 0.2) is 30.6 Å². The molecular weight excluding hydrogens is 415 g/mol. The Balaban J connectivity index is 1.46. The number of alkyl halides is 1. The highest BCUT2D eigenvalue weighted by molar-refractivity contribution is 5.96. The fourth-order valence-electron chi connectivity index (χ4n) is 6.16. The number of halogens is 1. The van der Waals surface area contributed by atoms with E-state index in [0.29, 0.717) is 24.5 Å². The zero-order valence-electron chi connectivity index (χ0n) is 18.1. The van der Waals surface area contributed by atoms with Crippen LogP contribution in [0, 0.1) is 17.8 Å². The van der Waals surface area contributed by atoms with Gasteiger partial charge in [0, 0.05) is 31.1 Å². The van der Waals surface area contributed by atoms with Crippen molar-refractivity contribution in [3.8, 4) is 0 Å². The highest BCUT2D eigenvalue weighted by Gasteiger charge is 2.57. The second-order valence-electron chi connectivity index (χ2n) is 9.31. The maximum atomic E-state index is 13.8. The summed E-state index contributed by atoms with van der Waals surface area (Å²) in [7, 11) is 0. The molecule has 5 rings (SSSR count).